The molecule has 3 nitrogen and oxygen atoms in total. The first-order chi connectivity index (χ1) is 7.50. The van der Waals surface area contributed by atoms with Crippen molar-refractivity contribution in [3.8, 4) is 18.2 Å². The average molecular weight is 237 g/mol. The molecule has 2 rings (SSSR count). The van der Waals surface area contributed by atoms with E-state index < -0.39 is 5.60 Å². The maximum absolute atomic E-state index is 5.91. The second-order valence-corrected chi connectivity index (χ2v) is 4.81. The molecule has 1 aromatic heterocycles. The Hall–Kier alpha value is -1.27. The molecule has 16 heavy (non-hydrogen) atoms. The lowest BCUT2D eigenvalue weighted by molar-refractivity contribution is 0.164. The summed E-state index contributed by atoms with van der Waals surface area (Å²) in [5.74, 6) is 4.20. The predicted molar refractivity (Wildman–Crippen MR) is 62.6 cm³/mol. The van der Waals surface area contributed by atoms with Gasteiger partial charge in [0.25, 0.3) is 0 Å². The van der Waals surface area contributed by atoms with Crippen LogP contribution in [0.2, 0.25) is 5.15 Å². The Morgan fingerprint density at radius 2 is 2.19 bits per heavy atom. The number of hydrogen-bond donors (Lipinski definition) is 0. The zero-order valence-electron chi connectivity index (χ0n) is 9.33. The van der Waals surface area contributed by atoms with E-state index in [4.69, 9.17) is 22.8 Å². The topological polar surface area (TPSA) is 35.0 Å². The Morgan fingerprint density at radius 1 is 1.50 bits per heavy atom. The highest BCUT2D eigenvalue weighted by Crippen LogP contribution is 2.39. The van der Waals surface area contributed by atoms with Crippen molar-refractivity contribution >= 4 is 11.6 Å². The number of halogens is 1. The maximum atomic E-state index is 5.91. The van der Waals surface area contributed by atoms with Gasteiger partial charge in [-0.25, -0.2) is 4.98 Å². The quantitative estimate of drug-likeness (QED) is 0.598. The van der Waals surface area contributed by atoms with E-state index in [0.717, 1.165) is 18.7 Å². The van der Waals surface area contributed by atoms with Crippen molar-refractivity contribution in [2.75, 3.05) is 0 Å². The molecule has 1 aliphatic rings. The molecule has 0 atom stereocenters. The Kier molecular flexibility index (Phi) is 2.77. The lowest BCUT2D eigenvalue weighted by Crippen LogP contribution is -2.26. The molecular weight excluding hydrogens is 224 g/mol. The van der Waals surface area contributed by atoms with Gasteiger partial charge in [-0.3, -0.25) is 0 Å². The molecule has 84 valence electrons. The third-order valence-electron chi connectivity index (χ3n) is 2.34. The van der Waals surface area contributed by atoms with Gasteiger partial charge < -0.3 is 4.74 Å². The van der Waals surface area contributed by atoms with Crippen molar-refractivity contribution in [1.29, 1.82) is 0 Å². The molecule has 1 aliphatic carbocycles. The van der Waals surface area contributed by atoms with Crippen LogP contribution in [0, 0.1) is 12.3 Å². The molecule has 4 heteroatoms. The van der Waals surface area contributed by atoms with Crippen LogP contribution >= 0.6 is 11.6 Å². The van der Waals surface area contributed by atoms with Crippen LogP contribution < -0.4 is 4.74 Å². The lowest BCUT2D eigenvalue weighted by atomic mass is 10.1. The zero-order valence-corrected chi connectivity index (χ0v) is 10.1. The van der Waals surface area contributed by atoms with E-state index in [0.29, 0.717) is 17.0 Å². The van der Waals surface area contributed by atoms with E-state index in [1.807, 2.05) is 0 Å². The highest BCUT2D eigenvalue weighted by atomic mass is 35.5. The monoisotopic (exact) mass is 236 g/mol. The third kappa shape index (κ3) is 2.65. The highest BCUT2D eigenvalue weighted by molar-refractivity contribution is 6.29. The van der Waals surface area contributed by atoms with Crippen LogP contribution in [0.1, 0.15) is 38.4 Å². The van der Waals surface area contributed by atoms with E-state index in [1.165, 1.54) is 0 Å². The lowest BCUT2D eigenvalue weighted by Gasteiger charge is -2.19. The van der Waals surface area contributed by atoms with Gasteiger partial charge in [-0.05, 0) is 26.7 Å². The van der Waals surface area contributed by atoms with Crippen molar-refractivity contribution < 1.29 is 4.74 Å². The summed E-state index contributed by atoms with van der Waals surface area (Å²) in [6.07, 6.45) is 7.60. The molecule has 1 fully saturated rings. The van der Waals surface area contributed by atoms with Crippen LogP contribution in [-0.2, 0) is 0 Å². The summed E-state index contributed by atoms with van der Waals surface area (Å²) in [6, 6.07) is 1.59. The number of rotatable bonds is 3. The second kappa shape index (κ2) is 3.95. The van der Waals surface area contributed by atoms with Crippen LogP contribution in [0.3, 0.4) is 0 Å². The Morgan fingerprint density at radius 3 is 2.75 bits per heavy atom. The fourth-order valence-corrected chi connectivity index (χ4v) is 1.46. The summed E-state index contributed by atoms with van der Waals surface area (Å²) >= 11 is 5.91. The largest absolute Gasteiger partial charge is 0.458 e. The van der Waals surface area contributed by atoms with Crippen LogP contribution in [0.25, 0.3) is 0 Å². The molecule has 1 heterocycles. The Labute approximate surface area is 100 Å². The van der Waals surface area contributed by atoms with E-state index in [1.54, 1.807) is 19.9 Å². The van der Waals surface area contributed by atoms with Crippen molar-refractivity contribution in [2.45, 2.75) is 38.2 Å². The van der Waals surface area contributed by atoms with Gasteiger partial charge in [-0.2, -0.15) is 4.98 Å². The first-order valence-electron chi connectivity index (χ1n) is 5.21. The van der Waals surface area contributed by atoms with Gasteiger partial charge in [0.2, 0.25) is 5.88 Å². The molecule has 0 unspecified atom stereocenters. The van der Waals surface area contributed by atoms with E-state index in [2.05, 4.69) is 15.9 Å². The number of hydrogen-bond acceptors (Lipinski definition) is 3. The number of nitrogens with zero attached hydrogens (tertiary/aromatic N) is 2. The third-order valence-corrected chi connectivity index (χ3v) is 2.53. The Bertz CT molecular complexity index is 447. The molecule has 0 spiro atoms. The van der Waals surface area contributed by atoms with Gasteiger partial charge in [-0.15, -0.1) is 6.42 Å². The second-order valence-electron chi connectivity index (χ2n) is 4.42. The summed E-state index contributed by atoms with van der Waals surface area (Å²) in [5.41, 5.74) is -0.682. The van der Waals surface area contributed by atoms with E-state index in [-0.39, 0.29) is 0 Å². The maximum Gasteiger partial charge on any atom is 0.219 e. The molecule has 0 saturated heterocycles. The van der Waals surface area contributed by atoms with Crippen LogP contribution in [0.5, 0.6) is 5.88 Å². The SMILES string of the molecule is C#CC(C)(C)Oc1cc(Cl)nc(C2CC2)n1. The molecule has 1 aromatic rings. The van der Waals surface area contributed by atoms with Crippen LogP contribution in [0.15, 0.2) is 6.07 Å². The zero-order chi connectivity index (χ0) is 11.8. The summed E-state index contributed by atoms with van der Waals surface area (Å²) in [5, 5.41) is 0.403. The molecule has 0 amide bonds. The van der Waals surface area contributed by atoms with Gasteiger partial charge in [0, 0.05) is 12.0 Å². The van der Waals surface area contributed by atoms with Gasteiger partial charge in [0.1, 0.15) is 11.0 Å². The standard InChI is InChI=1S/C12H13ClN2O/c1-4-12(2,3)16-10-7-9(13)14-11(15-10)8-5-6-8/h1,7-8H,5-6H2,2-3H3. The number of aromatic nitrogens is 2. The molecule has 0 radical (unpaired) electrons. The summed E-state index contributed by atoms with van der Waals surface area (Å²) in [7, 11) is 0. The highest BCUT2D eigenvalue weighted by Gasteiger charge is 2.28. The summed E-state index contributed by atoms with van der Waals surface area (Å²) in [6.45, 7) is 3.61. The minimum Gasteiger partial charge on any atom is -0.458 e. The number of ether oxygens (including phenoxy) is 1. The molecule has 0 aromatic carbocycles. The van der Waals surface area contributed by atoms with Crippen molar-refractivity contribution in [3.63, 3.8) is 0 Å². The molecule has 1 saturated carbocycles. The number of terminal acetylenes is 1. The smallest absolute Gasteiger partial charge is 0.219 e. The van der Waals surface area contributed by atoms with Gasteiger partial charge >= 0.3 is 0 Å². The fraction of sp³-hybridized carbons (Fsp3) is 0.500. The average Bonchev–Trinajstić information content (AvgIpc) is 2.99. The molecular formula is C12H13ClN2O. The minimum absolute atomic E-state index is 0.403. The first kappa shape index (κ1) is 11.2. The summed E-state index contributed by atoms with van der Waals surface area (Å²) < 4.78 is 5.58. The van der Waals surface area contributed by atoms with E-state index in [9.17, 15) is 0 Å². The molecule has 0 bridgehead atoms. The molecule has 0 aliphatic heterocycles. The van der Waals surface area contributed by atoms with Crippen LogP contribution in [0.4, 0.5) is 0 Å². The minimum atomic E-state index is -0.682. The van der Waals surface area contributed by atoms with Gasteiger partial charge in [0.05, 0.1) is 0 Å². The van der Waals surface area contributed by atoms with E-state index >= 15 is 0 Å². The first-order valence-corrected chi connectivity index (χ1v) is 5.59. The van der Waals surface area contributed by atoms with Crippen LogP contribution in [-0.4, -0.2) is 15.6 Å². The van der Waals surface area contributed by atoms with Gasteiger partial charge in [0.15, 0.2) is 5.60 Å². The summed E-state index contributed by atoms with van der Waals surface area (Å²) in [4.78, 5) is 8.49. The normalized spacial score (nSPS) is 15.6. The predicted octanol–water partition coefficient (Wildman–Crippen LogP) is 2.80. The molecule has 0 N–H and O–H groups in total. The fourth-order valence-electron chi connectivity index (χ4n) is 1.28. The van der Waals surface area contributed by atoms with Crippen molar-refractivity contribution in [1.82, 2.24) is 9.97 Å². The van der Waals surface area contributed by atoms with Crippen molar-refractivity contribution in [3.05, 3.63) is 17.0 Å². The Balaban J connectivity index is 2.24. The van der Waals surface area contributed by atoms with Gasteiger partial charge in [-0.1, -0.05) is 17.5 Å². The van der Waals surface area contributed by atoms with Crippen molar-refractivity contribution in [2.24, 2.45) is 0 Å².